The molecule has 0 aromatic carbocycles. The lowest BCUT2D eigenvalue weighted by Crippen LogP contribution is -2.22. The molecule has 2 rings (SSSR count). The van der Waals surface area contributed by atoms with Crippen LogP contribution in [0.4, 0.5) is 11.8 Å². The Balaban J connectivity index is 2.36. The molecule has 0 bridgehead atoms. The third-order valence-corrected chi connectivity index (χ3v) is 4.88. The number of thiophene rings is 1. The fraction of sp³-hybridized carbons (Fsp3) is 0.600. The molecule has 0 radical (unpaired) electrons. The minimum absolute atomic E-state index is 0.265. The maximum absolute atomic E-state index is 4.58. The summed E-state index contributed by atoms with van der Waals surface area (Å²) in [4.78, 5) is 11.5. The van der Waals surface area contributed by atoms with Gasteiger partial charge < -0.3 is 10.6 Å². The Bertz CT molecular complexity index is 589. The molecule has 0 spiro atoms. The zero-order valence-corrected chi connectivity index (χ0v) is 13.8. The summed E-state index contributed by atoms with van der Waals surface area (Å²) in [6.45, 7) is 9.83. The highest BCUT2D eigenvalue weighted by atomic mass is 32.1. The van der Waals surface area contributed by atoms with Gasteiger partial charge in [0.2, 0.25) is 5.95 Å². The van der Waals surface area contributed by atoms with Gasteiger partial charge in [-0.1, -0.05) is 27.7 Å². The molecule has 2 aromatic heterocycles. The van der Waals surface area contributed by atoms with Crippen molar-refractivity contribution < 1.29 is 0 Å². The number of anilines is 2. The fourth-order valence-electron chi connectivity index (χ4n) is 1.84. The fourth-order valence-corrected chi connectivity index (χ4v) is 2.81. The van der Waals surface area contributed by atoms with Crippen LogP contribution >= 0.6 is 11.3 Å². The van der Waals surface area contributed by atoms with Crippen molar-refractivity contribution in [1.82, 2.24) is 9.97 Å². The molecule has 0 saturated heterocycles. The van der Waals surface area contributed by atoms with Crippen molar-refractivity contribution in [2.45, 2.75) is 40.5 Å². The number of aryl methyl sites for hydroxylation is 1. The minimum atomic E-state index is 0.265. The predicted octanol–water partition coefficient (Wildman–Crippen LogP) is 4.14. The quantitative estimate of drug-likeness (QED) is 0.840. The van der Waals surface area contributed by atoms with Crippen LogP contribution in [0.25, 0.3) is 10.2 Å². The number of rotatable bonds is 6. The van der Waals surface area contributed by atoms with Crippen molar-refractivity contribution >= 4 is 33.3 Å². The number of fused-ring (bicyclic) bond motifs is 1. The summed E-state index contributed by atoms with van der Waals surface area (Å²) in [6.07, 6.45) is 2.17. The molecule has 2 heterocycles. The lowest BCUT2D eigenvalue weighted by molar-refractivity contribution is 0.376. The van der Waals surface area contributed by atoms with Gasteiger partial charge >= 0.3 is 0 Å². The summed E-state index contributed by atoms with van der Waals surface area (Å²) >= 11 is 1.75. The van der Waals surface area contributed by atoms with Gasteiger partial charge in [0.15, 0.2) is 0 Å². The van der Waals surface area contributed by atoms with E-state index in [1.165, 1.54) is 4.88 Å². The second kappa shape index (κ2) is 5.95. The van der Waals surface area contributed by atoms with Crippen molar-refractivity contribution in [2.24, 2.45) is 5.41 Å². The predicted molar refractivity (Wildman–Crippen MR) is 88.9 cm³/mol. The van der Waals surface area contributed by atoms with Gasteiger partial charge in [-0.3, -0.25) is 0 Å². The Labute approximate surface area is 125 Å². The summed E-state index contributed by atoms with van der Waals surface area (Å²) in [7, 11) is 1.86. The Kier molecular flexibility index (Phi) is 4.48. The van der Waals surface area contributed by atoms with Gasteiger partial charge in [0.05, 0.1) is 5.39 Å². The van der Waals surface area contributed by atoms with E-state index in [4.69, 9.17) is 0 Å². The van der Waals surface area contributed by atoms with E-state index in [1.54, 1.807) is 11.3 Å². The molecule has 0 saturated carbocycles. The van der Waals surface area contributed by atoms with Crippen LogP contribution in [0.2, 0.25) is 0 Å². The smallest absolute Gasteiger partial charge is 0.225 e. The van der Waals surface area contributed by atoms with E-state index in [-0.39, 0.29) is 5.41 Å². The molecule has 2 N–H and O–H groups in total. The SMILES string of the molecule is CCc1cc2c(NCC(C)(C)CC)nc(NC)nc2s1. The molecule has 4 nitrogen and oxygen atoms in total. The molecule has 0 atom stereocenters. The molecule has 0 aliphatic rings. The molecule has 5 heteroatoms. The third kappa shape index (κ3) is 3.20. The van der Waals surface area contributed by atoms with E-state index in [2.05, 4.69) is 54.4 Å². The standard InChI is InChI=1S/C15H24N4S/c1-6-10-8-11-12(17-9-15(3,4)7-2)18-14(16-5)19-13(11)20-10/h8H,6-7,9H2,1-5H3,(H2,16,17,18,19). The number of nitrogens with one attached hydrogen (secondary N) is 2. The van der Waals surface area contributed by atoms with Crippen LogP contribution in [-0.4, -0.2) is 23.6 Å². The lowest BCUT2D eigenvalue weighted by Gasteiger charge is -2.23. The third-order valence-electron chi connectivity index (χ3n) is 3.71. The van der Waals surface area contributed by atoms with Gasteiger partial charge in [-0.2, -0.15) is 4.98 Å². The van der Waals surface area contributed by atoms with Gasteiger partial charge in [-0.25, -0.2) is 4.98 Å². The monoisotopic (exact) mass is 292 g/mol. The van der Waals surface area contributed by atoms with E-state index in [1.807, 2.05) is 7.05 Å². The number of aromatic nitrogens is 2. The molecule has 2 aromatic rings. The second-order valence-corrected chi connectivity index (χ2v) is 6.92. The summed E-state index contributed by atoms with van der Waals surface area (Å²) in [5, 5.41) is 7.69. The highest BCUT2D eigenvalue weighted by molar-refractivity contribution is 7.18. The average Bonchev–Trinajstić information content (AvgIpc) is 2.87. The van der Waals surface area contributed by atoms with Crippen LogP contribution in [-0.2, 0) is 6.42 Å². The average molecular weight is 292 g/mol. The number of hydrogen-bond acceptors (Lipinski definition) is 5. The van der Waals surface area contributed by atoms with Crippen LogP contribution in [0.15, 0.2) is 6.07 Å². The van der Waals surface area contributed by atoms with Crippen molar-refractivity contribution in [1.29, 1.82) is 0 Å². The first-order valence-corrected chi connectivity index (χ1v) is 8.02. The van der Waals surface area contributed by atoms with Crippen molar-refractivity contribution in [3.05, 3.63) is 10.9 Å². The molecule has 0 aliphatic heterocycles. The zero-order chi connectivity index (χ0) is 14.8. The highest BCUT2D eigenvalue weighted by Crippen LogP contribution is 2.31. The zero-order valence-electron chi connectivity index (χ0n) is 13.0. The van der Waals surface area contributed by atoms with Gasteiger partial charge in [-0.15, -0.1) is 11.3 Å². The van der Waals surface area contributed by atoms with E-state index < -0.39 is 0 Å². The van der Waals surface area contributed by atoms with Crippen LogP contribution in [0, 0.1) is 5.41 Å². The van der Waals surface area contributed by atoms with Gasteiger partial charge in [0.25, 0.3) is 0 Å². The van der Waals surface area contributed by atoms with Crippen LogP contribution in [0.3, 0.4) is 0 Å². The van der Waals surface area contributed by atoms with Crippen molar-refractivity contribution in [3.8, 4) is 0 Å². The maximum atomic E-state index is 4.58. The van der Waals surface area contributed by atoms with Crippen molar-refractivity contribution in [2.75, 3.05) is 24.2 Å². The van der Waals surface area contributed by atoms with Gasteiger partial charge in [0.1, 0.15) is 10.6 Å². The molecule has 0 aliphatic carbocycles. The Hall–Kier alpha value is -1.36. The molecular formula is C15H24N4S. The molecule has 110 valence electrons. The Morgan fingerprint density at radius 3 is 2.60 bits per heavy atom. The lowest BCUT2D eigenvalue weighted by atomic mass is 9.90. The number of nitrogens with zero attached hydrogens (tertiary/aromatic N) is 2. The van der Waals surface area contributed by atoms with E-state index in [0.717, 1.165) is 35.4 Å². The Morgan fingerprint density at radius 1 is 1.25 bits per heavy atom. The Morgan fingerprint density at radius 2 is 2.00 bits per heavy atom. The summed E-state index contributed by atoms with van der Waals surface area (Å²) in [5.41, 5.74) is 0.265. The molecular weight excluding hydrogens is 268 g/mol. The molecule has 0 unspecified atom stereocenters. The largest absolute Gasteiger partial charge is 0.369 e. The summed E-state index contributed by atoms with van der Waals surface area (Å²) < 4.78 is 0. The van der Waals surface area contributed by atoms with Crippen LogP contribution in [0.1, 0.15) is 39.0 Å². The van der Waals surface area contributed by atoms with Crippen molar-refractivity contribution in [3.63, 3.8) is 0 Å². The second-order valence-electron chi connectivity index (χ2n) is 5.80. The first-order valence-electron chi connectivity index (χ1n) is 7.21. The van der Waals surface area contributed by atoms with Gasteiger partial charge in [0, 0.05) is 18.5 Å². The minimum Gasteiger partial charge on any atom is -0.369 e. The number of hydrogen-bond donors (Lipinski definition) is 2. The normalized spacial score (nSPS) is 11.8. The van der Waals surface area contributed by atoms with E-state index in [0.29, 0.717) is 5.95 Å². The highest BCUT2D eigenvalue weighted by Gasteiger charge is 2.17. The molecule has 0 fully saturated rings. The molecule has 20 heavy (non-hydrogen) atoms. The van der Waals surface area contributed by atoms with E-state index in [9.17, 15) is 0 Å². The first-order chi connectivity index (χ1) is 9.49. The van der Waals surface area contributed by atoms with E-state index >= 15 is 0 Å². The topological polar surface area (TPSA) is 49.8 Å². The molecule has 0 amide bonds. The maximum Gasteiger partial charge on any atom is 0.225 e. The van der Waals surface area contributed by atoms with Crippen LogP contribution < -0.4 is 10.6 Å². The van der Waals surface area contributed by atoms with Gasteiger partial charge in [-0.05, 0) is 24.3 Å². The van der Waals surface area contributed by atoms with Crippen LogP contribution in [0.5, 0.6) is 0 Å². The summed E-state index contributed by atoms with van der Waals surface area (Å²) in [5.74, 6) is 1.62. The first kappa shape index (κ1) is 15.0. The summed E-state index contributed by atoms with van der Waals surface area (Å²) in [6, 6.07) is 2.21.